The van der Waals surface area contributed by atoms with Crippen molar-refractivity contribution in [3.05, 3.63) is 57.9 Å². The quantitative estimate of drug-likeness (QED) is 0.455. The summed E-state index contributed by atoms with van der Waals surface area (Å²) in [6.45, 7) is 2.66. The number of ether oxygens (including phenoxy) is 2. The monoisotopic (exact) mass is 440 g/mol. The number of methoxy groups -OCH3 is 1. The lowest BCUT2D eigenvalue weighted by atomic mass is 9.79. The van der Waals surface area contributed by atoms with Gasteiger partial charge in [0.2, 0.25) is 0 Å². The molecule has 170 valence electrons. The van der Waals surface area contributed by atoms with E-state index in [1.165, 1.54) is 19.2 Å². The maximum absolute atomic E-state index is 13.1. The molecule has 0 saturated heterocycles. The third-order valence-corrected chi connectivity index (χ3v) is 5.40. The van der Waals surface area contributed by atoms with Gasteiger partial charge in [0.25, 0.3) is 6.47 Å². The molecule has 0 aromatic heterocycles. The second-order valence-corrected chi connectivity index (χ2v) is 7.53. The zero-order valence-electron chi connectivity index (χ0n) is 18.2. The van der Waals surface area contributed by atoms with Crippen LogP contribution in [0.15, 0.2) is 46.8 Å². The highest BCUT2D eigenvalue weighted by molar-refractivity contribution is 5.92. The van der Waals surface area contributed by atoms with Crippen LogP contribution in [0.1, 0.15) is 30.4 Å². The first-order valence-electron chi connectivity index (χ1n) is 9.64. The fraction of sp³-hybridized carbons (Fsp3) is 0.455. The van der Waals surface area contributed by atoms with E-state index in [1.807, 2.05) is 30.8 Å². The van der Waals surface area contributed by atoms with Gasteiger partial charge in [-0.05, 0) is 44.3 Å². The minimum absolute atomic E-state index is 0.104. The first kappa shape index (κ1) is 24.5. The summed E-state index contributed by atoms with van der Waals surface area (Å²) >= 11 is 0. The predicted octanol–water partition coefficient (Wildman–Crippen LogP) is 3.56. The zero-order chi connectivity index (χ0) is 23.3. The van der Waals surface area contributed by atoms with Gasteiger partial charge in [-0.2, -0.15) is 13.2 Å². The molecule has 0 aliphatic carbocycles. The van der Waals surface area contributed by atoms with Crippen LogP contribution in [0.3, 0.4) is 0 Å². The number of nitrogens with zero attached hydrogens (tertiary/aromatic N) is 2. The molecule has 0 radical (unpaired) electrons. The molecule has 1 unspecified atom stereocenters. The van der Waals surface area contributed by atoms with E-state index in [0.29, 0.717) is 41.8 Å². The lowest BCUT2D eigenvalue weighted by Crippen LogP contribution is -2.34. The normalized spacial score (nSPS) is 17.3. The topological polar surface area (TPSA) is 59.1 Å². The van der Waals surface area contributed by atoms with Gasteiger partial charge in [-0.25, -0.2) is 4.79 Å². The van der Waals surface area contributed by atoms with Gasteiger partial charge in [0.05, 0.1) is 18.2 Å². The molecule has 1 atom stereocenters. The molecular weight excluding hydrogens is 413 g/mol. The maximum Gasteiger partial charge on any atom is 0.416 e. The van der Waals surface area contributed by atoms with E-state index in [0.717, 1.165) is 17.8 Å². The van der Waals surface area contributed by atoms with Crippen LogP contribution in [0.2, 0.25) is 0 Å². The van der Waals surface area contributed by atoms with Gasteiger partial charge in [0.1, 0.15) is 6.61 Å². The highest BCUT2D eigenvalue weighted by Crippen LogP contribution is 2.43. The van der Waals surface area contributed by atoms with Crippen molar-refractivity contribution in [3.63, 3.8) is 0 Å². The molecule has 0 bridgehead atoms. The number of esters is 1. The number of halogens is 3. The van der Waals surface area contributed by atoms with Crippen molar-refractivity contribution < 1.29 is 32.2 Å². The van der Waals surface area contributed by atoms with Crippen LogP contribution in [0, 0.1) is 0 Å². The van der Waals surface area contributed by atoms with Crippen molar-refractivity contribution in [1.82, 2.24) is 9.80 Å². The molecule has 0 spiro atoms. The number of carbonyl (C=O) groups is 2. The molecule has 1 aromatic rings. The smallest absolute Gasteiger partial charge is 0.416 e. The number of allylic oxidation sites excluding steroid dienone is 1. The molecule has 0 saturated carbocycles. The van der Waals surface area contributed by atoms with Crippen LogP contribution in [-0.4, -0.2) is 63.6 Å². The highest BCUT2D eigenvalue weighted by atomic mass is 19.4. The second kappa shape index (κ2) is 10.00. The predicted molar refractivity (Wildman–Crippen MR) is 109 cm³/mol. The van der Waals surface area contributed by atoms with Crippen molar-refractivity contribution in [2.45, 2.75) is 25.4 Å². The molecule has 0 fully saturated rings. The second-order valence-electron chi connectivity index (χ2n) is 7.53. The number of carbonyl (C=O) groups excluding carboxylic acids is 2. The SMILES string of the molecule is COC(=O)C1=C(CCN(C)C)N(C)C(C)=C(COC=O)C1c1ccc(C(F)(F)F)cc1. The van der Waals surface area contributed by atoms with E-state index in [9.17, 15) is 22.8 Å². The Morgan fingerprint density at radius 1 is 1.23 bits per heavy atom. The summed E-state index contributed by atoms with van der Waals surface area (Å²) in [6.07, 6.45) is -3.96. The summed E-state index contributed by atoms with van der Waals surface area (Å²) in [4.78, 5) is 27.5. The van der Waals surface area contributed by atoms with E-state index in [4.69, 9.17) is 9.47 Å². The van der Waals surface area contributed by atoms with Crippen molar-refractivity contribution in [2.24, 2.45) is 0 Å². The Morgan fingerprint density at radius 3 is 2.32 bits per heavy atom. The summed E-state index contributed by atoms with van der Waals surface area (Å²) < 4.78 is 49.2. The third-order valence-electron chi connectivity index (χ3n) is 5.40. The Bertz CT molecular complexity index is 874. The Labute approximate surface area is 179 Å². The van der Waals surface area contributed by atoms with Crippen LogP contribution in [0.5, 0.6) is 0 Å². The van der Waals surface area contributed by atoms with Gasteiger partial charge in [-0.3, -0.25) is 4.79 Å². The van der Waals surface area contributed by atoms with E-state index in [2.05, 4.69) is 0 Å². The van der Waals surface area contributed by atoms with Crippen LogP contribution >= 0.6 is 0 Å². The van der Waals surface area contributed by atoms with Crippen LogP contribution in [0.25, 0.3) is 0 Å². The maximum atomic E-state index is 13.1. The van der Waals surface area contributed by atoms with Gasteiger partial charge in [-0.1, -0.05) is 12.1 Å². The standard InChI is InChI=1S/C22H27F3N2O4/c1-14-17(12-31-13-28)19(15-6-8-16(9-7-15)22(23,24)25)20(21(29)30-5)18(27(14)4)10-11-26(2)3/h6-9,13,19H,10-12H2,1-5H3. The summed E-state index contributed by atoms with van der Waals surface area (Å²) in [7, 11) is 6.86. The van der Waals surface area contributed by atoms with Crippen molar-refractivity contribution in [3.8, 4) is 0 Å². The van der Waals surface area contributed by atoms with Gasteiger partial charge >= 0.3 is 12.1 Å². The van der Waals surface area contributed by atoms with Gasteiger partial charge in [0.15, 0.2) is 0 Å². The van der Waals surface area contributed by atoms with E-state index in [-0.39, 0.29) is 6.61 Å². The van der Waals surface area contributed by atoms with E-state index >= 15 is 0 Å². The Balaban J connectivity index is 2.69. The van der Waals surface area contributed by atoms with Gasteiger partial charge in [-0.15, -0.1) is 0 Å². The summed E-state index contributed by atoms with van der Waals surface area (Å²) in [5.74, 6) is -1.29. The first-order valence-corrected chi connectivity index (χ1v) is 9.64. The van der Waals surface area contributed by atoms with Crippen LogP contribution in [-0.2, 0) is 25.2 Å². The fourth-order valence-corrected chi connectivity index (χ4v) is 3.67. The lowest BCUT2D eigenvalue weighted by molar-refractivity contribution is -0.138. The van der Waals surface area contributed by atoms with Crippen LogP contribution < -0.4 is 0 Å². The number of benzene rings is 1. The fourth-order valence-electron chi connectivity index (χ4n) is 3.67. The summed E-state index contributed by atoms with van der Waals surface area (Å²) in [5.41, 5.74) is 2.08. The number of alkyl halides is 3. The molecule has 1 heterocycles. The Morgan fingerprint density at radius 2 is 1.84 bits per heavy atom. The molecular formula is C22H27F3N2O4. The molecule has 6 nitrogen and oxygen atoms in total. The molecule has 0 amide bonds. The van der Waals surface area contributed by atoms with E-state index < -0.39 is 23.6 Å². The molecule has 2 rings (SSSR count). The molecule has 9 heteroatoms. The van der Waals surface area contributed by atoms with Crippen LogP contribution in [0.4, 0.5) is 13.2 Å². The average Bonchev–Trinajstić information content (AvgIpc) is 2.72. The molecule has 1 aliphatic heterocycles. The van der Waals surface area contributed by atoms with Gasteiger partial charge in [0, 0.05) is 37.3 Å². The minimum Gasteiger partial charge on any atom is -0.466 e. The lowest BCUT2D eigenvalue weighted by Gasteiger charge is -2.38. The molecule has 31 heavy (non-hydrogen) atoms. The summed E-state index contributed by atoms with van der Waals surface area (Å²) in [5, 5.41) is 0. The number of hydrogen-bond donors (Lipinski definition) is 0. The number of rotatable bonds is 8. The Kier molecular flexibility index (Phi) is 7.89. The average molecular weight is 440 g/mol. The summed E-state index contributed by atoms with van der Waals surface area (Å²) in [6, 6.07) is 4.66. The molecule has 1 aliphatic rings. The zero-order valence-corrected chi connectivity index (χ0v) is 18.2. The van der Waals surface area contributed by atoms with Gasteiger partial charge < -0.3 is 19.3 Å². The largest absolute Gasteiger partial charge is 0.466 e. The highest BCUT2D eigenvalue weighted by Gasteiger charge is 2.38. The molecule has 1 aromatic carbocycles. The minimum atomic E-state index is -4.47. The molecule has 0 N–H and O–H groups in total. The number of hydrogen-bond acceptors (Lipinski definition) is 6. The van der Waals surface area contributed by atoms with Crippen molar-refractivity contribution in [1.29, 1.82) is 0 Å². The van der Waals surface area contributed by atoms with Crippen molar-refractivity contribution in [2.75, 3.05) is 41.4 Å². The third kappa shape index (κ3) is 5.46. The van der Waals surface area contributed by atoms with Crippen molar-refractivity contribution >= 4 is 12.4 Å². The Hall–Kier alpha value is -2.81. The first-order chi connectivity index (χ1) is 14.5. The van der Waals surface area contributed by atoms with E-state index in [1.54, 1.807) is 7.05 Å².